The molecule has 1 aromatic carbocycles. The molecule has 2 nitrogen and oxygen atoms in total. The molecule has 0 heterocycles. The highest BCUT2D eigenvalue weighted by Crippen LogP contribution is 2.27. The molecule has 2 rings (SSSR count). The van der Waals surface area contributed by atoms with Crippen molar-refractivity contribution in [1.82, 2.24) is 4.90 Å². The average molecular weight is 253 g/mol. The van der Waals surface area contributed by atoms with Gasteiger partial charge in [0, 0.05) is 6.04 Å². The molecule has 0 spiro atoms. The highest BCUT2D eigenvalue weighted by molar-refractivity contribution is 5.97. The molecule has 1 saturated carbocycles. The number of benzene rings is 1. The average Bonchev–Trinajstić information content (AvgIpc) is 3.15. The fraction of sp³-hybridized carbons (Fsp3) is 0.500. The third-order valence-corrected chi connectivity index (χ3v) is 3.15. The molecule has 18 heavy (non-hydrogen) atoms. The second-order valence-corrected chi connectivity index (χ2v) is 4.75. The van der Waals surface area contributed by atoms with Crippen molar-refractivity contribution in [1.29, 1.82) is 0 Å². The number of Topliss-reactive ketones (excluding diaryl/α,β-unsaturated/α-hetero) is 1. The molecule has 4 heteroatoms. The largest absolute Gasteiger partial charge is 0.293 e. The molecule has 0 saturated heterocycles. The zero-order valence-electron chi connectivity index (χ0n) is 10.5. The first-order chi connectivity index (χ1) is 8.61. The third kappa shape index (κ3) is 3.13. The van der Waals surface area contributed by atoms with Crippen LogP contribution in [0.15, 0.2) is 18.2 Å². The minimum absolute atomic E-state index is 0.142. The van der Waals surface area contributed by atoms with Crippen LogP contribution in [0, 0.1) is 11.6 Å². The highest BCUT2D eigenvalue weighted by atomic mass is 19.1. The molecule has 0 unspecified atom stereocenters. The van der Waals surface area contributed by atoms with E-state index in [1.807, 2.05) is 6.92 Å². The van der Waals surface area contributed by atoms with Gasteiger partial charge < -0.3 is 0 Å². The normalized spacial score (nSPS) is 15.1. The van der Waals surface area contributed by atoms with E-state index in [0.29, 0.717) is 6.04 Å². The number of halogens is 2. The smallest absolute Gasteiger partial charge is 0.179 e. The summed E-state index contributed by atoms with van der Waals surface area (Å²) in [5, 5.41) is 0. The van der Waals surface area contributed by atoms with Gasteiger partial charge in [-0.3, -0.25) is 9.69 Å². The van der Waals surface area contributed by atoms with Crippen molar-refractivity contribution >= 4 is 5.78 Å². The lowest BCUT2D eigenvalue weighted by Gasteiger charge is -2.20. The van der Waals surface area contributed by atoms with Crippen molar-refractivity contribution in [3.8, 4) is 0 Å². The van der Waals surface area contributed by atoms with Gasteiger partial charge in [0.1, 0.15) is 11.6 Å². The van der Waals surface area contributed by atoms with Gasteiger partial charge in [0.25, 0.3) is 0 Å². The van der Waals surface area contributed by atoms with Crippen LogP contribution in [-0.2, 0) is 0 Å². The lowest BCUT2D eigenvalue weighted by molar-refractivity contribution is 0.0920. The summed E-state index contributed by atoms with van der Waals surface area (Å²) in [4.78, 5) is 14.0. The molecule has 0 N–H and O–H groups in total. The van der Waals surface area contributed by atoms with E-state index < -0.39 is 11.6 Å². The van der Waals surface area contributed by atoms with Crippen LogP contribution in [-0.4, -0.2) is 29.8 Å². The minimum Gasteiger partial charge on any atom is -0.293 e. The van der Waals surface area contributed by atoms with Gasteiger partial charge in [-0.2, -0.15) is 0 Å². The molecule has 98 valence electrons. The van der Waals surface area contributed by atoms with Crippen molar-refractivity contribution in [2.75, 3.05) is 13.1 Å². The summed E-state index contributed by atoms with van der Waals surface area (Å²) >= 11 is 0. The van der Waals surface area contributed by atoms with E-state index in [2.05, 4.69) is 4.90 Å². The van der Waals surface area contributed by atoms with Gasteiger partial charge in [-0.1, -0.05) is 6.92 Å². The molecule has 0 radical (unpaired) electrons. The van der Waals surface area contributed by atoms with E-state index in [9.17, 15) is 13.6 Å². The Morgan fingerprint density at radius 2 is 2.11 bits per heavy atom. The maximum atomic E-state index is 13.5. The van der Waals surface area contributed by atoms with Crippen LogP contribution < -0.4 is 0 Å². The zero-order chi connectivity index (χ0) is 13.1. The van der Waals surface area contributed by atoms with Crippen molar-refractivity contribution < 1.29 is 13.6 Å². The fourth-order valence-corrected chi connectivity index (χ4v) is 2.10. The van der Waals surface area contributed by atoms with Crippen LogP contribution in [0.4, 0.5) is 8.78 Å². The zero-order valence-corrected chi connectivity index (χ0v) is 10.5. The summed E-state index contributed by atoms with van der Waals surface area (Å²) in [6.45, 7) is 3.05. The van der Waals surface area contributed by atoms with Gasteiger partial charge >= 0.3 is 0 Å². The number of carbonyl (C=O) groups is 1. The number of hydrogen-bond acceptors (Lipinski definition) is 2. The Balaban J connectivity index is 2.07. The Hall–Kier alpha value is -1.29. The summed E-state index contributed by atoms with van der Waals surface area (Å²) in [5.41, 5.74) is -0.142. The standard InChI is InChI=1S/C14H17F2NO/c1-2-7-17(11-4-5-11)9-14(18)12-8-10(15)3-6-13(12)16/h3,6,8,11H,2,4-5,7,9H2,1H3. The molecule has 1 aromatic rings. The van der Waals surface area contributed by atoms with Crippen LogP contribution in [0.25, 0.3) is 0 Å². The highest BCUT2D eigenvalue weighted by Gasteiger charge is 2.30. The first-order valence-corrected chi connectivity index (χ1v) is 6.34. The molecular weight excluding hydrogens is 236 g/mol. The topological polar surface area (TPSA) is 20.3 Å². The quantitative estimate of drug-likeness (QED) is 0.726. The van der Waals surface area contributed by atoms with Crippen LogP contribution in [0.1, 0.15) is 36.5 Å². The lowest BCUT2D eigenvalue weighted by atomic mass is 10.1. The van der Waals surface area contributed by atoms with Gasteiger partial charge in [-0.25, -0.2) is 8.78 Å². The summed E-state index contributed by atoms with van der Waals surface area (Å²) in [7, 11) is 0. The van der Waals surface area contributed by atoms with Crippen molar-refractivity contribution in [2.45, 2.75) is 32.2 Å². The number of ketones is 1. The van der Waals surface area contributed by atoms with Crippen LogP contribution >= 0.6 is 0 Å². The van der Waals surface area contributed by atoms with Gasteiger partial charge in [0.2, 0.25) is 0 Å². The lowest BCUT2D eigenvalue weighted by Crippen LogP contribution is -2.33. The van der Waals surface area contributed by atoms with E-state index in [0.717, 1.165) is 44.0 Å². The van der Waals surface area contributed by atoms with Gasteiger partial charge in [-0.15, -0.1) is 0 Å². The van der Waals surface area contributed by atoms with E-state index in [1.165, 1.54) is 0 Å². The van der Waals surface area contributed by atoms with E-state index >= 15 is 0 Å². The molecule has 0 atom stereocenters. The summed E-state index contributed by atoms with van der Waals surface area (Å²) in [5.74, 6) is -1.56. The van der Waals surface area contributed by atoms with Gasteiger partial charge in [0.05, 0.1) is 12.1 Å². The summed E-state index contributed by atoms with van der Waals surface area (Å²) < 4.78 is 26.5. The molecule has 0 bridgehead atoms. The van der Waals surface area contributed by atoms with Crippen LogP contribution in [0.2, 0.25) is 0 Å². The first-order valence-electron chi connectivity index (χ1n) is 6.34. The SMILES string of the molecule is CCCN(CC(=O)c1cc(F)ccc1F)C1CC1. The Bertz CT molecular complexity index is 443. The van der Waals surface area contributed by atoms with E-state index in [4.69, 9.17) is 0 Å². The Morgan fingerprint density at radius 1 is 1.39 bits per heavy atom. The fourth-order valence-electron chi connectivity index (χ4n) is 2.10. The number of rotatable bonds is 6. The summed E-state index contributed by atoms with van der Waals surface area (Å²) in [6, 6.07) is 3.46. The number of hydrogen-bond donors (Lipinski definition) is 0. The summed E-state index contributed by atoms with van der Waals surface area (Å²) in [6.07, 6.45) is 3.15. The molecule has 0 aliphatic heterocycles. The monoisotopic (exact) mass is 253 g/mol. The second kappa shape index (κ2) is 5.57. The third-order valence-electron chi connectivity index (χ3n) is 3.15. The Kier molecular flexibility index (Phi) is 4.07. The predicted octanol–water partition coefficient (Wildman–Crippen LogP) is 3.02. The molecule has 1 aliphatic carbocycles. The molecule has 0 aromatic heterocycles. The minimum atomic E-state index is -0.645. The molecule has 1 fully saturated rings. The van der Waals surface area contributed by atoms with Crippen LogP contribution in [0.3, 0.4) is 0 Å². The van der Waals surface area contributed by atoms with E-state index in [-0.39, 0.29) is 17.9 Å². The van der Waals surface area contributed by atoms with Gasteiger partial charge in [0.15, 0.2) is 5.78 Å². The van der Waals surface area contributed by atoms with Crippen molar-refractivity contribution in [3.63, 3.8) is 0 Å². The van der Waals surface area contributed by atoms with E-state index in [1.54, 1.807) is 0 Å². The number of nitrogens with zero attached hydrogens (tertiary/aromatic N) is 1. The maximum absolute atomic E-state index is 13.5. The van der Waals surface area contributed by atoms with Crippen molar-refractivity contribution in [2.24, 2.45) is 0 Å². The Labute approximate surface area is 106 Å². The van der Waals surface area contributed by atoms with Gasteiger partial charge in [-0.05, 0) is 44.0 Å². The molecule has 1 aliphatic rings. The van der Waals surface area contributed by atoms with Crippen LogP contribution in [0.5, 0.6) is 0 Å². The number of carbonyl (C=O) groups excluding carboxylic acids is 1. The second-order valence-electron chi connectivity index (χ2n) is 4.75. The molecular formula is C14H17F2NO. The molecule has 0 amide bonds. The Morgan fingerprint density at radius 3 is 2.72 bits per heavy atom. The predicted molar refractivity (Wildman–Crippen MR) is 65.6 cm³/mol. The van der Waals surface area contributed by atoms with Crippen molar-refractivity contribution in [3.05, 3.63) is 35.4 Å². The maximum Gasteiger partial charge on any atom is 0.179 e. The first kappa shape index (κ1) is 13.1.